The Morgan fingerprint density at radius 2 is 1.52 bits per heavy atom. The predicted molar refractivity (Wildman–Crippen MR) is 98.1 cm³/mol. The molecule has 2 aromatic rings. The third-order valence-corrected chi connectivity index (χ3v) is 3.80. The molecule has 0 spiro atoms. The van der Waals surface area contributed by atoms with Crippen LogP contribution >= 0.6 is 11.6 Å². The number of hydrogen-bond acceptors (Lipinski definition) is 3. The second-order valence-corrected chi connectivity index (χ2v) is 5.98. The van der Waals surface area contributed by atoms with Crippen LogP contribution in [-0.2, 0) is 4.79 Å². The van der Waals surface area contributed by atoms with Crippen LogP contribution in [-0.4, -0.2) is 24.1 Å². The average Bonchev–Trinajstić information content (AvgIpc) is 2.59. The highest BCUT2D eigenvalue weighted by Gasteiger charge is 2.06. The first kappa shape index (κ1) is 18.7. The van der Waals surface area contributed by atoms with Crippen molar-refractivity contribution in [3.63, 3.8) is 0 Å². The minimum Gasteiger partial charge on any atom is -0.352 e. The van der Waals surface area contributed by atoms with Crippen LogP contribution in [0.5, 0.6) is 0 Å². The molecule has 0 heterocycles. The molecule has 0 saturated carbocycles. The summed E-state index contributed by atoms with van der Waals surface area (Å²) in [6.45, 7) is 1.89. The second kappa shape index (κ2) is 8.99. The summed E-state index contributed by atoms with van der Waals surface area (Å²) in [6, 6.07) is 13.3. The maximum absolute atomic E-state index is 11.9. The Morgan fingerprint density at radius 3 is 2.12 bits per heavy atom. The SMILES string of the molecule is CC(=O)c1ccc(NC(=O)CCCNC(=O)c2ccc(Cl)cc2)cc1. The summed E-state index contributed by atoms with van der Waals surface area (Å²) in [6.07, 6.45) is 0.812. The lowest BCUT2D eigenvalue weighted by atomic mass is 10.1. The molecule has 0 aliphatic heterocycles. The van der Waals surface area contributed by atoms with Crippen LogP contribution in [0.4, 0.5) is 5.69 Å². The number of nitrogens with one attached hydrogen (secondary N) is 2. The Balaban J connectivity index is 1.70. The van der Waals surface area contributed by atoms with Gasteiger partial charge in [-0.1, -0.05) is 11.6 Å². The van der Waals surface area contributed by atoms with E-state index in [-0.39, 0.29) is 24.0 Å². The largest absolute Gasteiger partial charge is 0.352 e. The lowest BCUT2D eigenvalue weighted by Gasteiger charge is -2.07. The fraction of sp³-hybridized carbons (Fsp3) is 0.211. The molecule has 0 bridgehead atoms. The summed E-state index contributed by atoms with van der Waals surface area (Å²) >= 11 is 5.78. The van der Waals surface area contributed by atoms with Crippen molar-refractivity contribution < 1.29 is 14.4 Å². The molecule has 0 aliphatic rings. The fourth-order valence-electron chi connectivity index (χ4n) is 2.17. The maximum atomic E-state index is 11.9. The van der Waals surface area contributed by atoms with Crippen molar-refractivity contribution in [1.82, 2.24) is 5.32 Å². The van der Waals surface area contributed by atoms with Crippen molar-refractivity contribution in [2.75, 3.05) is 11.9 Å². The van der Waals surface area contributed by atoms with Gasteiger partial charge in [0.1, 0.15) is 0 Å². The standard InChI is InChI=1S/C19H19ClN2O3/c1-13(23)14-6-10-17(11-7-14)22-18(24)3-2-12-21-19(25)15-4-8-16(20)9-5-15/h4-11H,2-3,12H2,1H3,(H,21,25)(H,22,24). The van der Waals surface area contributed by atoms with Gasteiger partial charge in [0, 0.05) is 34.8 Å². The Bertz CT molecular complexity index is 755. The number of ketones is 1. The molecule has 0 aliphatic carbocycles. The fourth-order valence-corrected chi connectivity index (χ4v) is 2.29. The molecule has 0 saturated heterocycles. The van der Waals surface area contributed by atoms with Gasteiger partial charge in [-0.2, -0.15) is 0 Å². The molecule has 0 fully saturated rings. The first-order valence-electron chi connectivity index (χ1n) is 7.90. The van der Waals surface area contributed by atoms with E-state index in [0.717, 1.165) is 0 Å². The van der Waals surface area contributed by atoms with Gasteiger partial charge >= 0.3 is 0 Å². The third-order valence-electron chi connectivity index (χ3n) is 3.55. The van der Waals surface area contributed by atoms with E-state index in [2.05, 4.69) is 10.6 Å². The molecule has 2 rings (SSSR count). The lowest BCUT2D eigenvalue weighted by Crippen LogP contribution is -2.25. The third kappa shape index (κ3) is 6.04. The number of anilines is 1. The second-order valence-electron chi connectivity index (χ2n) is 5.55. The zero-order chi connectivity index (χ0) is 18.2. The minimum absolute atomic E-state index is 0.0192. The molecule has 2 aromatic carbocycles. The van der Waals surface area contributed by atoms with E-state index in [1.54, 1.807) is 48.5 Å². The molecule has 0 atom stereocenters. The van der Waals surface area contributed by atoms with Crippen LogP contribution in [0, 0.1) is 0 Å². The summed E-state index contributed by atoms with van der Waals surface area (Å²) in [5.41, 5.74) is 1.77. The highest BCUT2D eigenvalue weighted by atomic mass is 35.5. The van der Waals surface area contributed by atoms with Crippen molar-refractivity contribution in [1.29, 1.82) is 0 Å². The summed E-state index contributed by atoms with van der Waals surface area (Å²) < 4.78 is 0. The van der Waals surface area contributed by atoms with Gasteiger partial charge < -0.3 is 10.6 Å². The van der Waals surface area contributed by atoms with Crippen molar-refractivity contribution in [2.45, 2.75) is 19.8 Å². The molecule has 6 heteroatoms. The Morgan fingerprint density at radius 1 is 0.920 bits per heavy atom. The first-order valence-corrected chi connectivity index (χ1v) is 8.28. The van der Waals surface area contributed by atoms with E-state index in [4.69, 9.17) is 11.6 Å². The van der Waals surface area contributed by atoms with Gasteiger partial charge in [0.2, 0.25) is 5.91 Å². The molecular formula is C19H19ClN2O3. The van der Waals surface area contributed by atoms with Crippen molar-refractivity contribution in [3.05, 3.63) is 64.7 Å². The normalized spacial score (nSPS) is 10.2. The molecule has 2 N–H and O–H groups in total. The monoisotopic (exact) mass is 358 g/mol. The molecule has 25 heavy (non-hydrogen) atoms. The number of halogens is 1. The van der Waals surface area contributed by atoms with Crippen molar-refractivity contribution >= 4 is 34.9 Å². The highest BCUT2D eigenvalue weighted by Crippen LogP contribution is 2.11. The van der Waals surface area contributed by atoms with Gasteiger partial charge in [-0.25, -0.2) is 0 Å². The number of amides is 2. The molecule has 5 nitrogen and oxygen atoms in total. The summed E-state index contributed by atoms with van der Waals surface area (Å²) in [7, 11) is 0. The first-order chi connectivity index (χ1) is 12.0. The zero-order valence-corrected chi connectivity index (χ0v) is 14.6. The Hall–Kier alpha value is -2.66. The van der Waals surface area contributed by atoms with Gasteiger partial charge in [-0.05, 0) is 61.9 Å². The molecule has 0 radical (unpaired) electrons. The highest BCUT2D eigenvalue weighted by molar-refractivity contribution is 6.30. The van der Waals surface area contributed by atoms with Crippen LogP contribution in [0.25, 0.3) is 0 Å². The van der Waals surface area contributed by atoms with Crippen LogP contribution in [0.15, 0.2) is 48.5 Å². The number of hydrogen-bond donors (Lipinski definition) is 2. The van der Waals surface area contributed by atoms with Gasteiger partial charge in [0.15, 0.2) is 5.78 Å². The van der Waals surface area contributed by atoms with Crippen molar-refractivity contribution in [2.24, 2.45) is 0 Å². The van der Waals surface area contributed by atoms with E-state index < -0.39 is 0 Å². The van der Waals surface area contributed by atoms with Crippen LogP contribution < -0.4 is 10.6 Å². The smallest absolute Gasteiger partial charge is 0.251 e. The van der Waals surface area contributed by atoms with E-state index in [1.165, 1.54) is 6.92 Å². The topological polar surface area (TPSA) is 75.3 Å². The quantitative estimate of drug-likeness (QED) is 0.585. The van der Waals surface area contributed by atoms with Gasteiger partial charge in [0.25, 0.3) is 5.91 Å². The number of carbonyl (C=O) groups is 3. The molecule has 0 aromatic heterocycles. The molecule has 130 valence electrons. The van der Waals surface area contributed by atoms with E-state index in [9.17, 15) is 14.4 Å². The molecular weight excluding hydrogens is 340 g/mol. The maximum Gasteiger partial charge on any atom is 0.251 e. The van der Waals surface area contributed by atoms with Gasteiger partial charge in [-0.15, -0.1) is 0 Å². The summed E-state index contributed by atoms with van der Waals surface area (Å²) in [5.74, 6) is -0.359. The van der Waals surface area contributed by atoms with E-state index in [1.807, 2.05) is 0 Å². The molecule has 0 unspecified atom stereocenters. The summed E-state index contributed by atoms with van der Waals surface area (Å²) in [5, 5.41) is 6.09. The minimum atomic E-state index is -0.197. The average molecular weight is 359 g/mol. The van der Waals surface area contributed by atoms with Gasteiger partial charge in [0.05, 0.1) is 0 Å². The predicted octanol–water partition coefficient (Wildman–Crippen LogP) is 3.69. The number of rotatable bonds is 7. The van der Waals surface area contributed by atoms with Crippen LogP contribution in [0.1, 0.15) is 40.5 Å². The Labute approximate surface area is 151 Å². The number of benzene rings is 2. The van der Waals surface area contributed by atoms with Gasteiger partial charge in [-0.3, -0.25) is 14.4 Å². The Kier molecular flexibility index (Phi) is 6.71. The lowest BCUT2D eigenvalue weighted by molar-refractivity contribution is -0.116. The molecule has 2 amide bonds. The number of carbonyl (C=O) groups excluding carboxylic acids is 3. The summed E-state index contributed by atoms with van der Waals surface area (Å²) in [4.78, 5) is 35.0. The van der Waals surface area contributed by atoms with Crippen molar-refractivity contribution in [3.8, 4) is 0 Å². The van der Waals surface area contributed by atoms with E-state index in [0.29, 0.717) is 34.8 Å². The number of Topliss-reactive ketones (excluding diaryl/α,β-unsaturated/α-hetero) is 1. The van der Waals surface area contributed by atoms with Crippen LogP contribution in [0.2, 0.25) is 5.02 Å². The zero-order valence-electron chi connectivity index (χ0n) is 13.8. The van der Waals surface area contributed by atoms with E-state index >= 15 is 0 Å². The van der Waals surface area contributed by atoms with Crippen LogP contribution in [0.3, 0.4) is 0 Å².